The summed E-state index contributed by atoms with van der Waals surface area (Å²) in [6, 6.07) is 11.2. The summed E-state index contributed by atoms with van der Waals surface area (Å²) in [6.45, 7) is 7.08. The van der Waals surface area contributed by atoms with Crippen molar-refractivity contribution in [1.29, 1.82) is 0 Å². The van der Waals surface area contributed by atoms with Gasteiger partial charge in [-0.25, -0.2) is 0 Å². The summed E-state index contributed by atoms with van der Waals surface area (Å²) in [7, 11) is 0. The van der Waals surface area contributed by atoms with E-state index in [9.17, 15) is 9.90 Å². The van der Waals surface area contributed by atoms with Gasteiger partial charge in [0.15, 0.2) is 5.76 Å². The van der Waals surface area contributed by atoms with Crippen molar-refractivity contribution >= 4 is 22.8 Å². The Balaban J connectivity index is 1.48. The first-order valence-corrected chi connectivity index (χ1v) is 10.6. The van der Waals surface area contributed by atoms with Gasteiger partial charge >= 0.3 is 0 Å². The van der Waals surface area contributed by atoms with E-state index < -0.39 is 0 Å². The van der Waals surface area contributed by atoms with Crippen LogP contribution in [0.4, 0.5) is 0 Å². The number of phenols is 1. The second-order valence-corrected chi connectivity index (χ2v) is 8.81. The molecule has 3 heterocycles. The van der Waals surface area contributed by atoms with Gasteiger partial charge in [0.2, 0.25) is 5.78 Å². The molecule has 5 nitrogen and oxygen atoms in total. The number of aromatic nitrogens is 1. The Morgan fingerprint density at radius 1 is 1.17 bits per heavy atom. The zero-order chi connectivity index (χ0) is 20.8. The number of H-pyrrole nitrogens is 1. The van der Waals surface area contributed by atoms with Crippen LogP contribution in [0.15, 0.2) is 48.4 Å². The first-order valence-electron chi connectivity index (χ1n) is 10.6. The fourth-order valence-electron chi connectivity index (χ4n) is 4.95. The Morgan fingerprint density at radius 2 is 1.93 bits per heavy atom. The summed E-state index contributed by atoms with van der Waals surface area (Å²) in [5.41, 5.74) is 3.14. The van der Waals surface area contributed by atoms with Crippen molar-refractivity contribution < 1.29 is 14.6 Å². The SMILES string of the molecule is CC1CC(C)CN(Cc2c(O)ccc3c2O/C(=C\c2c[nH]c4ccccc24)C3=O)C1. The number of aromatic amines is 1. The molecule has 5 heteroatoms. The third kappa shape index (κ3) is 3.29. The van der Waals surface area contributed by atoms with Crippen molar-refractivity contribution in [1.82, 2.24) is 9.88 Å². The quantitative estimate of drug-likeness (QED) is 0.607. The number of allylic oxidation sites excluding steroid dienone is 1. The van der Waals surface area contributed by atoms with E-state index >= 15 is 0 Å². The number of likely N-dealkylation sites (tertiary alicyclic amines) is 1. The van der Waals surface area contributed by atoms with E-state index in [4.69, 9.17) is 4.74 Å². The van der Waals surface area contributed by atoms with Crippen LogP contribution in [-0.4, -0.2) is 33.9 Å². The molecule has 0 radical (unpaired) electrons. The lowest BCUT2D eigenvalue weighted by atomic mass is 9.91. The fourth-order valence-corrected chi connectivity index (χ4v) is 4.95. The number of piperidine rings is 1. The number of hydrogen-bond acceptors (Lipinski definition) is 4. The number of rotatable bonds is 3. The summed E-state index contributed by atoms with van der Waals surface area (Å²) in [5, 5.41) is 11.6. The van der Waals surface area contributed by atoms with Gasteiger partial charge < -0.3 is 14.8 Å². The molecule has 2 unspecified atom stereocenters. The number of nitrogens with one attached hydrogen (secondary N) is 1. The maximum atomic E-state index is 13.0. The summed E-state index contributed by atoms with van der Waals surface area (Å²) in [6.07, 6.45) is 4.89. The Kier molecular flexibility index (Phi) is 4.63. The lowest BCUT2D eigenvalue weighted by Crippen LogP contribution is -2.38. The highest BCUT2D eigenvalue weighted by Crippen LogP contribution is 2.41. The number of fused-ring (bicyclic) bond motifs is 2. The predicted octanol–water partition coefficient (Wildman–Crippen LogP) is 4.97. The molecule has 2 aromatic carbocycles. The number of ketones is 1. The molecule has 0 saturated carbocycles. The van der Waals surface area contributed by atoms with Gasteiger partial charge in [0.1, 0.15) is 11.5 Å². The lowest BCUT2D eigenvalue weighted by molar-refractivity contribution is 0.101. The smallest absolute Gasteiger partial charge is 0.231 e. The van der Waals surface area contributed by atoms with E-state index in [2.05, 4.69) is 23.7 Å². The summed E-state index contributed by atoms with van der Waals surface area (Å²) >= 11 is 0. The van der Waals surface area contributed by atoms with Crippen molar-refractivity contribution in [2.45, 2.75) is 26.8 Å². The first kappa shape index (κ1) is 18.9. The van der Waals surface area contributed by atoms with Gasteiger partial charge in [0, 0.05) is 42.3 Å². The number of carbonyl (C=O) groups is 1. The highest BCUT2D eigenvalue weighted by Gasteiger charge is 2.32. The van der Waals surface area contributed by atoms with E-state index in [1.54, 1.807) is 18.2 Å². The number of para-hydroxylation sites is 1. The average molecular weight is 402 g/mol. The minimum absolute atomic E-state index is 0.142. The average Bonchev–Trinajstić information content (AvgIpc) is 3.25. The van der Waals surface area contributed by atoms with Crippen molar-refractivity contribution in [3.8, 4) is 11.5 Å². The van der Waals surface area contributed by atoms with Crippen molar-refractivity contribution in [2.24, 2.45) is 11.8 Å². The third-order valence-electron chi connectivity index (χ3n) is 6.15. The molecule has 1 fully saturated rings. The molecular formula is C25H26N2O3. The number of carbonyl (C=O) groups excluding carboxylic acids is 1. The Hall–Kier alpha value is -3.05. The number of aromatic hydroxyl groups is 1. The second-order valence-electron chi connectivity index (χ2n) is 8.81. The van der Waals surface area contributed by atoms with E-state index in [0.717, 1.165) is 29.6 Å². The molecule has 0 spiro atoms. The molecule has 2 aliphatic rings. The Morgan fingerprint density at radius 3 is 2.73 bits per heavy atom. The molecule has 1 saturated heterocycles. The zero-order valence-electron chi connectivity index (χ0n) is 17.3. The molecule has 154 valence electrons. The van der Waals surface area contributed by atoms with Crippen LogP contribution in [-0.2, 0) is 6.54 Å². The molecule has 2 aliphatic heterocycles. The Bertz CT molecular complexity index is 1150. The van der Waals surface area contributed by atoms with Crippen molar-refractivity contribution in [2.75, 3.05) is 13.1 Å². The van der Waals surface area contributed by atoms with E-state index in [1.165, 1.54) is 6.42 Å². The molecule has 30 heavy (non-hydrogen) atoms. The number of hydrogen-bond donors (Lipinski definition) is 2. The van der Waals surface area contributed by atoms with Crippen LogP contribution in [0.5, 0.6) is 11.5 Å². The number of phenolic OH excluding ortho intramolecular Hbond substituents is 1. The van der Waals surface area contributed by atoms with Gasteiger partial charge in [-0.15, -0.1) is 0 Å². The predicted molar refractivity (Wildman–Crippen MR) is 118 cm³/mol. The molecule has 3 aromatic rings. The summed E-state index contributed by atoms with van der Waals surface area (Å²) < 4.78 is 6.06. The molecule has 2 atom stereocenters. The maximum absolute atomic E-state index is 13.0. The number of ether oxygens (including phenoxy) is 1. The van der Waals surface area contributed by atoms with Crippen LogP contribution >= 0.6 is 0 Å². The topological polar surface area (TPSA) is 65.6 Å². The summed E-state index contributed by atoms with van der Waals surface area (Å²) in [4.78, 5) is 18.6. The van der Waals surface area contributed by atoms with Gasteiger partial charge in [-0.3, -0.25) is 9.69 Å². The van der Waals surface area contributed by atoms with Crippen LogP contribution in [0.25, 0.3) is 17.0 Å². The van der Waals surface area contributed by atoms with E-state index in [1.807, 2.05) is 30.5 Å². The molecule has 0 bridgehead atoms. The maximum Gasteiger partial charge on any atom is 0.231 e. The fraction of sp³-hybridized carbons (Fsp3) is 0.320. The van der Waals surface area contributed by atoms with E-state index in [-0.39, 0.29) is 11.5 Å². The van der Waals surface area contributed by atoms with Gasteiger partial charge in [-0.05, 0) is 42.5 Å². The van der Waals surface area contributed by atoms with Crippen molar-refractivity contribution in [3.05, 3.63) is 65.0 Å². The van der Waals surface area contributed by atoms with Gasteiger partial charge in [-0.1, -0.05) is 32.0 Å². The van der Waals surface area contributed by atoms with Crippen LogP contribution in [0, 0.1) is 11.8 Å². The van der Waals surface area contributed by atoms with Crippen LogP contribution in [0.1, 0.15) is 41.8 Å². The van der Waals surface area contributed by atoms with Crippen molar-refractivity contribution in [3.63, 3.8) is 0 Å². The van der Waals surface area contributed by atoms with Gasteiger partial charge in [0.25, 0.3) is 0 Å². The van der Waals surface area contributed by atoms with E-state index in [0.29, 0.717) is 41.0 Å². The lowest BCUT2D eigenvalue weighted by Gasteiger charge is -2.35. The van der Waals surface area contributed by atoms with Crippen LogP contribution in [0.3, 0.4) is 0 Å². The number of Topliss-reactive ketones (excluding diaryl/α,β-unsaturated/α-hetero) is 1. The number of benzene rings is 2. The molecule has 2 N–H and O–H groups in total. The first-order chi connectivity index (χ1) is 14.5. The zero-order valence-corrected chi connectivity index (χ0v) is 17.3. The highest BCUT2D eigenvalue weighted by atomic mass is 16.5. The van der Waals surface area contributed by atoms with Crippen LogP contribution < -0.4 is 4.74 Å². The minimum Gasteiger partial charge on any atom is -0.507 e. The molecular weight excluding hydrogens is 376 g/mol. The normalized spacial score (nSPS) is 23.1. The highest BCUT2D eigenvalue weighted by molar-refractivity contribution is 6.15. The molecule has 5 rings (SSSR count). The Labute approximate surface area is 176 Å². The third-order valence-corrected chi connectivity index (χ3v) is 6.15. The molecule has 0 aliphatic carbocycles. The summed E-state index contributed by atoms with van der Waals surface area (Å²) in [5.74, 6) is 2.07. The van der Waals surface area contributed by atoms with Gasteiger partial charge in [0.05, 0.1) is 11.1 Å². The molecule has 1 aromatic heterocycles. The minimum atomic E-state index is -0.142. The van der Waals surface area contributed by atoms with Crippen LogP contribution in [0.2, 0.25) is 0 Å². The second kappa shape index (κ2) is 7.33. The standard InChI is InChI=1S/C25H26N2O3/c1-15-9-16(2)13-27(12-15)14-20-22(28)8-7-19-24(29)23(30-25(19)20)10-17-11-26-21-6-4-3-5-18(17)21/h3-8,10-11,15-16,26,28H,9,12-14H2,1-2H3/b23-10-. The monoisotopic (exact) mass is 402 g/mol. The van der Waals surface area contributed by atoms with Gasteiger partial charge in [-0.2, -0.15) is 0 Å². The largest absolute Gasteiger partial charge is 0.507 e. The number of nitrogens with zero attached hydrogens (tertiary/aromatic N) is 1. The molecule has 0 amide bonds.